The van der Waals surface area contributed by atoms with E-state index in [2.05, 4.69) is 0 Å². The van der Waals surface area contributed by atoms with E-state index in [0.717, 1.165) is 11.1 Å². The van der Waals surface area contributed by atoms with Gasteiger partial charge in [-0.05, 0) is 42.3 Å². The van der Waals surface area contributed by atoms with Crippen molar-refractivity contribution < 1.29 is 78.1 Å². The van der Waals surface area contributed by atoms with Gasteiger partial charge in [0.15, 0.2) is 35.4 Å². The predicted molar refractivity (Wildman–Crippen MR) is 167 cm³/mol. The number of aromatic hydroxyl groups is 1. The summed E-state index contributed by atoms with van der Waals surface area (Å²) in [5.74, 6) is 0.226. The molecule has 6 N–H and O–H groups in total. The van der Waals surface area contributed by atoms with Crippen molar-refractivity contribution in [3.05, 3.63) is 47.5 Å². The van der Waals surface area contributed by atoms with Crippen LogP contribution >= 0.6 is 0 Å². The van der Waals surface area contributed by atoms with E-state index in [9.17, 15) is 35.4 Å². The molecule has 6 rings (SSSR count). The van der Waals surface area contributed by atoms with E-state index in [0.29, 0.717) is 19.0 Å². The zero-order valence-corrected chi connectivity index (χ0v) is 27.9. The molecule has 0 bridgehead atoms. The van der Waals surface area contributed by atoms with Crippen LogP contribution in [-0.4, -0.2) is 132 Å². The van der Waals surface area contributed by atoms with E-state index in [-0.39, 0.29) is 41.3 Å². The average Bonchev–Trinajstić information content (AvgIpc) is 3.72. The van der Waals surface area contributed by atoms with Gasteiger partial charge in [0.2, 0.25) is 6.29 Å². The van der Waals surface area contributed by atoms with Gasteiger partial charge in [-0.1, -0.05) is 12.1 Å². The number of benzene rings is 2. The van der Waals surface area contributed by atoms with Crippen molar-refractivity contribution in [3.8, 4) is 23.0 Å². The number of fused-ring (bicyclic) bond motifs is 1. The molecular weight excluding hydrogens is 664 g/mol. The van der Waals surface area contributed by atoms with Gasteiger partial charge in [-0.3, -0.25) is 4.79 Å². The third-order valence-corrected chi connectivity index (χ3v) is 9.75. The fourth-order valence-electron chi connectivity index (χ4n) is 6.95. The van der Waals surface area contributed by atoms with Gasteiger partial charge in [-0.2, -0.15) is 0 Å². The zero-order valence-electron chi connectivity index (χ0n) is 27.9. The maximum atomic E-state index is 11.5. The number of ether oxygens (including phenoxy) is 9. The molecule has 0 aromatic heterocycles. The van der Waals surface area contributed by atoms with Crippen molar-refractivity contribution in [1.82, 2.24) is 0 Å². The number of hydrogen-bond donors (Lipinski definition) is 6. The van der Waals surface area contributed by atoms with Crippen LogP contribution in [0.5, 0.6) is 23.0 Å². The lowest BCUT2D eigenvalue weighted by Crippen LogP contribution is -2.64. The summed E-state index contributed by atoms with van der Waals surface area (Å²) in [7, 11) is 2.93. The molecule has 16 heteroatoms. The molecular formula is C34H44O16. The fraction of sp³-hybridized carbons (Fsp3) is 0.618. The molecule has 0 saturated carbocycles. The molecule has 50 heavy (non-hydrogen) atoms. The number of hydrogen-bond acceptors (Lipinski definition) is 16. The molecule has 4 fully saturated rings. The van der Waals surface area contributed by atoms with E-state index >= 15 is 0 Å². The standard InChI is InChI=1S/C34H44O16/c1-14-25(37)27(39)29(41)33(47-14)50-32-28(40)26(38)24(13-44-15(2)35)49-34(32)48-21-8-6-17(10-23(21)43-4)31-19-12-45-30(18(19)11-46-31)16-5-7-20(36)22(9-16)42-3/h5-10,14,18-19,24-34,36-41H,11-13H2,1-4H3/t14-,18+,19-,24+,25-,26+,27+,28-,29+,30-,31-,32+,33-,34+/m0/s1. The summed E-state index contributed by atoms with van der Waals surface area (Å²) in [6.07, 6.45) is -15.4. The average molecular weight is 709 g/mol. The zero-order chi connectivity index (χ0) is 35.9. The van der Waals surface area contributed by atoms with Gasteiger partial charge >= 0.3 is 5.97 Å². The molecule has 0 spiro atoms. The lowest BCUT2D eigenvalue weighted by atomic mass is 9.85. The highest BCUT2D eigenvalue weighted by Crippen LogP contribution is 2.51. The van der Waals surface area contributed by atoms with Crippen LogP contribution in [0.4, 0.5) is 0 Å². The van der Waals surface area contributed by atoms with E-state index in [1.807, 2.05) is 0 Å². The summed E-state index contributed by atoms with van der Waals surface area (Å²) in [5.41, 5.74) is 1.66. The molecule has 0 aliphatic carbocycles. The SMILES string of the molecule is COc1cc([C@@H]2OC[C@H]3[C@H]2CO[C@H]3c2ccc(O[C@@H]3O[C@H](COC(C)=O)[C@@H](O)[C@H](O)[C@H]3O[C@@H]3O[C@@H](C)[C@H](O)[C@@H](O)[C@H]3O)c(OC)c2)ccc1O. The second-order valence-electron chi connectivity index (χ2n) is 12.9. The Labute approximate surface area is 287 Å². The molecule has 4 aliphatic heterocycles. The topological polar surface area (TPSA) is 222 Å². The van der Waals surface area contributed by atoms with Crippen molar-refractivity contribution in [2.75, 3.05) is 34.0 Å². The smallest absolute Gasteiger partial charge is 0.302 e. The monoisotopic (exact) mass is 708 g/mol. The highest BCUT2D eigenvalue weighted by Gasteiger charge is 2.52. The largest absolute Gasteiger partial charge is 0.504 e. The van der Waals surface area contributed by atoms with Crippen molar-refractivity contribution in [2.24, 2.45) is 11.8 Å². The van der Waals surface area contributed by atoms with Gasteiger partial charge < -0.3 is 73.3 Å². The maximum Gasteiger partial charge on any atom is 0.302 e. The van der Waals surface area contributed by atoms with Gasteiger partial charge in [0.05, 0.1) is 45.7 Å². The van der Waals surface area contributed by atoms with Crippen LogP contribution < -0.4 is 14.2 Å². The maximum absolute atomic E-state index is 11.5. The number of esters is 1. The van der Waals surface area contributed by atoms with Crippen LogP contribution in [0.3, 0.4) is 0 Å². The molecule has 4 saturated heterocycles. The number of phenolic OH excluding ortho intramolecular Hbond substituents is 1. The second-order valence-corrected chi connectivity index (χ2v) is 12.9. The highest BCUT2D eigenvalue weighted by atomic mass is 16.8. The molecule has 2 aromatic rings. The predicted octanol–water partition coefficient (Wildman–Crippen LogP) is 0.0859. The van der Waals surface area contributed by atoms with E-state index in [1.165, 1.54) is 28.1 Å². The summed E-state index contributed by atoms with van der Waals surface area (Å²) in [4.78, 5) is 11.5. The molecule has 2 aromatic carbocycles. The number of aliphatic hydroxyl groups is 5. The number of methoxy groups -OCH3 is 2. The third kappa shape index (κ3) is 7.10. The van der Waals surface area contributed by atoms with Crippen LogP contribution in [-0.2, 0) is 33.2 Å². The van der Waals surface area contributed by atoms with Crippen LogP contribution in [0.2, 0.25) is 0 Å². The third-order valence-electron chi connectivity index (χ3n) is 9.75. The first-order valence-corrected chi connectivity index (χ1v) is 16.4. The Morgan fingerprint density at radius 1 is 0.760 bits per heavy atom. The molecule has 4 aliphatic rings. The Morgan fingerprint density at radius 3 is 2.00 bits per heavy atom. The van der Waals surface area contributed by atoms with Gasteiger partial charge in [0.25, 0.3) is 0 Å². The molecule has 0 unspecified atom stereocenters. The number of phenols is 1. The van der Waals surface area contributed by atoms with Crippen molar-refractivity contribution in [1.29, 1.82) is 0 Å². The Hall–Kier alpha value is -3.29. The van der Waals surface area contributed by atoms with E-state index in [4.69, 9.17) is 42.6 Å². The van der Waals surface area contributed by atoms with Crippen molar-refractivity contribution in [2.45, 2.75) is 87.5 Å². The fourth-order valence-corrected chi connectivity index (χ4v) is 6.95. The molecule has 14 atom stereocenters. The minimum atomic E-state index is -1.72. The lowest BCUT2D eigenvalue weighted by molar-refractivity contribution is -0.354. The van der Waals surface area contributed by atoms with E-state index in [1.54, 1.807) is 36.4 Å². The normalized spacial score (nSPS) is 38.3. The molecule has 0 amide bonds. The summed E-state index contributed by atoms with van der Waals surface area (Å²) in [6, 6.07) is 10.3. The first-order valence-electron chi connectivity index (χ1n) is 16.4. The van der Waals surface area contributed by atoms with Crippen LogP contribution in [0.1, 0.15) is 37.2 Å². The number of carbonyl (C=O) groups excluding carboxylic acids is 1. The minimum Gasteiger partial charge on any atom is -0.504 e. The Morgan fingerprint density at radius 2 is 1.38 bits per heavy atom. The van der Waals surface area contributed by atoms with Crippen molar-refractivity contribution >= 4 is 5.97 Å². The number of aliphatic hydroxyl groups excluding tert-OH is 5. The van der Waals surface area contributed by atoms with Crippen LogP contribution in [0.25, 0.3) is 0 Å². The first kappa shape index (κ1) is 36.5. The van der Waals surface area contributed by atoms with Crippen molar-refractivity contribution in [3.63, 3.8) is 0 Å². The Balaban J connectivity index is 1.21. The molecule has 0 radical (unpaired) electrons. The van der Waals surface area contributed by atoms with E-state index < -0.39 is 74.0 Å². The van der Waals surface area contributed by atoms with Gasteiger partial charge in [-0.25, -0.2) is 0 Å². The molecule has 276 valence electrons. The lowest BCUT2D eigenvalue weighted by Gasteiger charge is -2.45. The van der Waals surface area contributed by atoms with Crippen LogP contribution in [0, 0.1) is 11.8 Å². The number of carbonyl (C=O) groups is 1. The summed E-state index contributed by atoms with van der Waals surface area (Å²) in [5, 5.41) is 63.1. The van der Waals surface area contributed by atoms with Gasteiger partial charge in [-0.15, -0.1) is 0 Å². The highest BCUT2D eigenvalue weighted by molar-refractivity contribution is 5.65. The van der Waals surface area contributed by atoms with Gasteiger partial charge in [0, 0.05) is 18.8 Å². The number of rotatable bonds is 10. The quantitative estimate of drug-likeness (QED) is 0.180. The summed E-state index contributed by atoms with van der Waals surface area (Å²) < 4.78 is 52.0. The van der Waals surface area contributed by atoms with Gasteiger partial charge in [0.1, 0.15) is 43.2 Å². The second kappa shape index (κ2) is 15.1. The van der Waals surface area contributed by atoms with Crippen LogP contribution in [0.15, 0.2) is 36.4 Å². The Bertz CT molecular complexity index is 1490. The molecule has 16 nitrogen and oxygen atoms in total. The minimum absolute atomic E-state index is 0.00702. The summed E-state index contributed by atoms with van der Waals surface area (Å²) in [6.45, 7) is 3.10. The molecule has 4 heterocycles. The first-order chi connectivity index (χ1) is 23.9. The summed E-state index contributed by atoms with van der Waals surface area (Å²) >= 11 is 0. The Kier molecular flexibility index (Phi) is 11.0.